The van der Waals surface area contributed by atoms with Crippen LogP contribution in [0.3, 0.4) is 0 Å². The van der Waals surface area contributed by atoms with Crippen LogP contribution in [0.25, 0.3) is 0 Å². The Bertz CT molecular complexity index is 473. The standard InChI is InChI=1S/C24H41P/c1-4-7-14-21-15-13-19-24(23(21)18-8-5-2)25(20-9-6-3)22-16-11-10-12-17-22/h13,15,19,22H,4-12,14,16-18,20H2,1-3H3. The van der Waals surface area contributed by atoms with Gasteiger partial charge in [-0.3, -0.25) is 0 Å². The molecule has 2 rings (SSSR count). The molecule has 142 valence electrons. The van der Waals surface area contributed by atoms with E-state index in [4.69, 9.17) is 0 Å². The second-order valence-corrected chi connectivity index (χ2v) is 10.6. The Hall–Kier alpha value is -0.350. The third-order valence-electron chi connectivity index (χ3n) is 5.91. The van der Waals surface area contributed by atoms with E-state index in [1.165, 1.54) is 89.6 Å². The lowest BCUT2D eigenvalue weighted by Gasteiger charge is -2.33. The highest BCUT2D eigenvalue weighted by Gasteiger charge is 2.26. The predicted octanol–water partition coefficient (Wildman–Crippen LogP) is 7.61. The summed E-state index contributed by atoms with van der Waals surface area (Å²) in [6, 6.07) is 7.37. The highest BCUT2D eigenvalue weighted by Crippen LogP contribution is 2.48. The summed E-state index contributed by atoms with van der Waals surface area (Å²) in [7, 11) is 0.0516. The van der Waals surface area contributed by atoms with Gasteiger partial charge in [-0.25, -0.2) is 0 Å². The maximum atomic E-state index is 2.54. The molecule has 1 aromatic rings. The summed E-state index contributed by atoms with van der Waals surface area (Å²) in [6.07, 6.45) is 19.7. The number of hydrogen-bond donors (Lipinski definition) is 0. The first-order valence-corrected chi connectivity index (χ1v) is 12.8. The van der Waals surface area contributed by atoms with Gasteiger partial charge in [-0.05, 0) is 73.2 Å². The van der Waals surface area contributed by atoms with Crippen molar-refractivity contribution in [2.45, 2.75) is 110 Å². The molecule has 0 radical (unpaired) electrons. The zero-order valence-electron chi connectivity index (χ0n) is 17.2. The molecule has 1 heteroatoms. The number of aryl methyl sites for hydroxylation is 1. The van der Waals surface area contributed by atoms with Gasteiger partial charge in [0.1, 0.15) is 0 Å². The fraction of sp³-hybridized carbons (Fsp3) is 0.750. The normalized spacial score (nSPS) is 16.9. The van der Waals surface area contributed by atoms with Crippen molar-refractivity contribution in [3.63, 3.8) is 0 Å². The average molecular weight is 361 g/mol. The third kappa shape index (κ3) is 6.39. The Morgan fingerprint density at radius 1 is 0.840 bits per heavy atom. The zero-order chi connectivity index (χ0) is 17.9. The van der Waals surface area contributed by atoms with Crippen molar-refractivity contribution < 1.29 is 0 Å². The highest BCUT2D eigenvalue weighted by atomic mass is 31.1. The summed E-state index contributed by atoms with van der Waals surface area (Å²) < 4.78 is 0. The summed E-state index contributed by atoms with van der Waals surface area (Å²) in [5, 5.41) is 1.82. The van der Waals surface area contributed by atoms with Crippen LogP contribution >= 0.6 is 7.92 Å². The molecule has 0 spiro atoms. The third-order valence-corrected chi connectivity index (χ3v) is 9.14. The molecule has 0 nitrogen and oxygen atoms in total. The van der Waals surface area contributed by atoms with Crippen LogP contribution in [0.5, 0.6) is 0 Å². The first kappa shape index (κ1) is 21.0. The van der Waals surface area contributed by atoms with Crippen LogP contribution in [-0.4, -0.2) is 11.8 Å². The summed E-state index contributed by atoms with van der Waals surface area (Å²) in [5.41, 5.74) is 4.48. The molecule has 0 saturated heterocycles. The van der Waals surface area contributed by atoms with Gasteiger partial charge in [0.15, 0.2) is 0 Å². The van der Waals surface area contributed by atoms with Crippen molar-refractivity contribution >= 4 is 13.2 Å². The largest absolute Gasteiger partial charge is 0.0718 e. The van der Waals surface area contributed by atoms with Gasteiger partial charge in [-0.1, -0.05) is 85.4 Å². The molecular formula is C24H41P. The molecule has 1 aliphatic rings. The van der Waals surface area contributed by atoms with Gasteiger partial charge in [0, 0.05) is 0 Å². The van der Waals surface area contributed by atoms with Crippen LogP contribution in [0.4, 0.5) is 0 Å². The van der Waals surface area contributed by atoms with E-state index in [1.807, 2.05) is 5.30 Å². The Morgan fingerprint density at radius 2 is 1.52 bits per heavy atom. The Balaban J connectivity index is 2.31. The van der Waals surface area contributed by atoms with Gasteiger partial charge < -0.3 is 0 Å². The van der Waals surface area contributed by atoms with E-state index in [9.17, 15) is 0 Å². The molecule has 0 N–H and O–H groups in total. The summed E-state index contributed by atoms with van der Waals surface area (Å²) >= 11 is 0. The Labute approximate surface area is 158 Å². The molecule has 0 aromatic heterocycles. The minimum absolute atomic E-state index is 0.0516. The first-order valence-electron chi connectivity index (χ1n) is 11.2. The zero-order valence-corrected chi connectivity index (χ0v) is 18.1. The first-order chi connectivity index (χ1) is 12.3. The van der Waals surface area contributed by atoms with Crippen LogP contribution in [-0.2, 0) is 12.8 Å². The van der Waals surface area contributed by atoms with E-state index in [0.717, 1.165) is 5.66 Å². The molecular weight excluding hydrogens is 319 g/mol. The topological polar surface area (TPSA) is 0 Å². The van der Waals surface area contributed by atoms with E-state index in [-0.39, 0.29) is 7.92 Å². The fourth-order valence-corrected chi connectivity index (χ4v) is 7.88. The van der Waals surface area contributed by atoms with Gasteiger partial charge in [-0.2, -0.15) is 0 Å². The lowest BCUT2D eigenvalue weighted by Crippen LogP contribution is -2.22. The van der Waals surface area contributed by atoms with E-state index >= 15 is 0 Å². The van der Waals surface area contributed by atoms with E-state index in [0.29, 0.717) is 0 Å². The molecule has 1 fully saturated rings. The van der Waals surface area contributed by atoms with Crippen molar-refractivity contribution in [2.24, 2.45) is 0 Å². The van der Waals surface area contributed by atoms with Crippen molar-refractivity contribution in [2.75, 3.05) is 6.16 Å². The van der Waals surface area contributed by atoms with Gasteiger partial charge in [0.25, 0.3) is 0 Å². The van der Waals surface area contributed by atoms with Crippen LogP contribution in [0.1, 0.15) is 103 Å². The lowest BCUT2D eigenvalue weighted by atomic mass is 9.98. The summed E-state index contributed by atoms with van der Waals surface area (Å²) in [4.78, 5) is 0. The van der Waals surface area contributed by atoms with E-state index in [1.54, 1.807) is 11.1 Å². The molecule has 0 heterocycles. The number of hydrogen-bond acceptors (Lipinski definition) is 0. The fourth-order valence-electron chi connectivity index (χ4n) is 4.35. The highest BCUT2D eigenvalue weighted by molar-refractivity contribution is 7.66. The molecule has 1 aromatic carbocycles. The van der Waals surface area contributed by atoms with Crippen molar-refractivity contribution in [1.29, 1.82) is 0 Å². The van der Waals surface area contributed by atoms with Gasteiger partial charge in [0.05, 0.1) is 0 Å². The monoisotopic (exact) mass is 360 g/mol. The quantitative estimate of drug-likeness (QED) is 0.356. The molecule has 25 heavy (non-hydrogen) atoms. The minimum atomic E-state index is 0.0516. The molecule has 1 aliphatic carbocycles. The van der Waals surface area contributed by atoms with Crippen LogP contribution in [0, 0.1) is 0 Å². The van der Waals surface area contributed by atoms with Gasteiger partial charge in [-0.15, -0.1) is 0 Å². The summed E-state index contributed by atoms with van der Waals surface area (Å²) in [6.45, 7) is 7.03. The van der Waals surface area contributed by atoms with Crippen LogP contribution < -0.4 is 5.30 Å². The molecule has 1 atom stereocenters. The van der Waals surface area contributed by atoms with E-state index < -0.39 is 0 Å². The van der Waals surface area contributed by atoms with Crippen LogP contribution in [0.2, 0.25) is 0 Å². The number of benzene rings is 1. The lowest BCUT2D eigenvalue weighted by molar-refractivity contribution is 0.511. The van der Waals surface area contributed by atoms with E-state index in [2.05, 4.69) is 39.0 Å². The van der Waals surface area contributed by atoms with Crippen molar-refractivity contribution in [3.8, 4) is 0 Å². The summed E-state index contributed by atoms with van der Waals surface area (Å²) in [5.74, 6) is 0. The maximum Gasteiger partial charge on any atom is -0.0169 e. The molecule has 0 amide bonds. The molecule has 0 aliphatic heterocycles. The second-order valence-electron chi connectivity index (χ2n) is 7.96. The minimum Gasteiger partial charge on any atom is -0.0718 e. The molecule has 0 bridgehead atoms. The van der Waals surface area contributed by atoms with Gasteiger partial charge in [0.2, 0.25) is 0 Å². The second kappa shape index (κ2) is 12.1. The number of rotatable bonds is 11. The van der Waals surface area contributed by atoms with Gasteiger partial charge >= 0.3 is 0 Å². The van der Waals surface area contributed by atoms with Crippen molar-refractivity contribution in [1.82, 2.24) is 0 Å². The average Bonchev–Trinajstić information content (AvgIpc) is 2.66. The maximum absolute atomic E-state index is 2.54. The molecule has 1 unspecified atom stereocenters. The SMILES string of the molecule is CCCCc1cccc(P(CCCC)C2CCCCC2)c1CCCC. The number of unbranched alkanes of at least 4 members (excludes halogenated alkanes) is 3. The smallest absolute Gasteiger partial charge is 0.0169 e. The van der Waals surface area contributed by atoms with Crippen LogP contribution in [0.15, 0.2) is 18.2 Å². The van der Waals surface area contributed by atoms with Crippen molar-refractivity contribution in [3.05, 3.63) is 29.3 Å². The predicted molar refractivity (Wildman–Crippen MR) is 117 cm³/mol. The Kier molecular flexibility index (Phi) is 10.2. The molecule has 1 saturated carbocycles. The Morgan fingerprint density at radius 3 is 2.20 bits per heavy atom.